The molecule has 0 radical (unpaired) electrons. The highest BCUT2D eigenvalue weighted by Gasteiger charge is 2.29. The first-order chi connectivity index (χ1) is 16.8. The van der Waals surface area contributed by atoms with Crippen molar-refractivity contribution in [1.82, 2.24) is 10.6 Å². The van der Waals surface area contributed by atoms with Crippen LogP contribution < -0.4 is 22.1 Å². The highest BCUT2D eigenvalue weighted by molar-refractivity contribution is 5.90. The van der Waals surface area contributed by atoms with Crippen molar-refractivity contribution in [2.45, 2.75) is 69.6 Å². The van der Waals surface area contributed by atoms with E-state index in [4.69, 9.17) is 11.5 Å². The standard InChI is InChI=1S/C22H33N9O4/c23-22(24)25-12-8-3-1-2-7-11-19(32)26-16(14-18-28-30-31-29-18)20(33)27-17(21(34)35)13-15-9-5-4-6-10-15/h4-6,9-10,16-18H,1-3,7-8,11-14H2,(H,26,32)(H,27,33)(H,34,35)(H4,23,24,25)/t16-,17-/m0/s1. The number of carbonyl (C=O) groups excluding carboxylic acids is 2. The zero-order valence-electron chi connectivity index (χ0n) is 19.5. The molecule has 1 aliphatic heterocycles. The molecule has 13 nitrogen and oxygen atoms in total. The maximum atomic E-state index is 12.9. The number of guanidine groups is 1. The number of carboxylic acids is 1. The van der Waals surface area contributed by atoms with Crippen molar-refractivity contribution in [2.75, 3.05) is 6.54 Å². The molecule has 0 aromatic heterocycles. The van der Waals surface area contributed by atoms with Crippen LogP contribution in [0.3, 0.4) is 0 Å². The normalized spacial score (nSPS) is 14.3. The van der Waals surface area contributed by atoms with Gasteiger partial charge in [-0.15, -0.1) is 10.2 Å². The van der Waals surface area contributed by atoms with Crippen molar-refractivity contribution >= 4 is 23.7 Å². The van der Waals surface area contributed by atoms with Gasteiger partial charge in [-0.05, 0) is 28.9 Å². The van der Waals surface area contributed by atoms with Crippen molar-refractivity contribution in [3.63, 3.8) is 0 Å². The van der Waals surface area contributed by atoms with Gasteiger partial charge in [0.1, 0.15) is 12.1 Å². The van der Waals surface area contributed by atoms with E-state index < -0.39 is 30.1 Å². The van der Waals surface area contributed by atoms with Crippen LogP contribution in [0.5, 0.6) is 0 Å². The Morgan fingerprint density at radius 1 is 0.943 bits per heavy atom. The molecular weight excluding hydrogens is 454 g/mol. The van der Waals surface area contributed by atoms with Gasteiger partial charge in [0.2, 0.25) is 11.8 Å². The second-order valence-electron chi connectivity index (χ2n) is 8.16. The van der Waals surface area contributed by atoms with Crippen LogP contribution in [-0.2, 0) is 20.8 Å². The third-order valence-electron chi connectivity index (χ3n) is 5.26. The summed E-state index contributed by atoms with van der Waals surface area (Å²) in [6, 6.07) is 6.78. The summed E-state index contributed by atoms with van der Waals surface area (Å²) in [6.07, 6.45) is 3.88. The predicted octanol–water partition coefficient (Wildman–Crippen LogP) is 1.45. The highest BCUT2D eigenvalue weighted by atomic mass is 16.4. The maximum Gasteiger partial charge on any atom is 0.326 e. The van der Waals surface area contributed by atoms with Gasteiger partial charge >= 0.3 is 5.97 Å². The first kappa shape index (κ1) is 27.3. The van der Waals surface area contributed by atoms with E-state index in [9.17, 15) is 19.5 Å². The summed E-state index contributed by atoms with van der Waals surface area (Å²) in [4.78, 5) is 41.1. The smallest absolute Gasteiger partial charge is 0.326 e. The van der Waals surface area contributed by atoms with Gasteiger partial charge in [0, 0.05) is 25.8 Å². The summed E-state index contributed by atoms with van der Waals surface area (Å²) in [5.74, 6) is -2.03. The molecule has 0 bridgehead atoms. The highest BCUT2D eigenvalue weighted by Crippen LogP contribution is 2.13. The number of rotatable bonds is 16. The lowest BCUT2D eigenvalue weighted by Gasteiger charge is -2.22. The molecule has 0 aliphatic carbocycles. The Labute approximate surface area is 203 Å². The number of hydrogen-bond donors (Lipinski definition) is 5. The van der Waals surface area contributed by atoms with Crippen LogP contribution in [0.4, 0.5) is 0 Å². The Kier molecular flexibility index (Phi) is 11.8. The minimum Gasteiger partial charge on any atom is -0.480 e. The van der Waals surface area contributed by atoms with Crippen LogP contribution in [0.15, 0.2) is 56.0 Å². The number of hydrogen-bond acceptors (Lipinski definition) is 8. The molecule has 1 aromatic carbocycles. The van der Waals surface area contributed by atoms with Crippen molar-refractivity contribution < 1.29 is 19.5 Å². The molecule has 190 valence electrons. The number of nitrogens with one attached hydrogen (secondary N) is 2. The fourth-order valence-corrected chi connectivity index (χ4v) is 3.45. The quantitative estimate of drug-likeness (QED) is 0.132. The first-order valence-electron chi connectivity index (χ1n) is 11.6. The molecule has 13 heteroatoms. The minimum absolute atomic E-state index is 0.0209. The molecule has 0 fully saturated rings. The van der Waals surface area contributed by atoms with Gasteiger partial charge in [-0.25, -0.2) is 4.79 Å². The number of nitrogens with zero attached hydrogens (tertiary/aromatic N) is 5. The second-order valence-corrected chi connectivity index (χ2v) is 8.16. The van der Waals surface area contributed by atoms with Crippen LogP contribution in [0.25, 0.3) is 0 Å². The topological polar surface area (TPSA) is 209 Å². The lowest BCUT2D eigenvalue weighted by molar-refractivity contribution is -0.142. The molecule has 1 aliphatic rings. The monoisotopic (exact) mass is 487 g/mol. The molecule has 1 aromatic rings. The van der Waals surface area contributed by atoms with E-state index >= 15 is 0 Å². The van der Waals surface area contributed by atoms with Crippen LogP contribution in [0.1, 0.15) is 50.5 Å². The fraction of sp³-hybridized carbons (Fsp3) is 0.545. The Morgan fingerprint density at radius 3 is 2.26 bits per heavy atom. The van der Waals surface area contributed by atoms with Crippen LogP contribution in [0, 0.1) is 0 Å². The number of unbranched alkanes of at least 4 members (excludes halogenated alkanes) is 4. The van der Waals surface area contributed by atoms with E-state index in [-0.39, 0.29) is 31.1 Å². The Balaban J connectivity index is 1.86. The lowest BCUT2D eigenvalue weighted by Crippen LogP contribution is -2.53. The van der Waals surface area contributed by atoms with E-state index in [1.165, 1.54) is 0 Å². The van der Waals surface area contributed by atoms with Crippen molar-refractivity contribution in [1.29, 1.82) is 0 Å². The SMILES string of the molecule is NC(N)=NCCCCCCCC(=O)N[C@@H](CC1N=NN=N1)C(=O)N[C@@H](Cc1ccccc1)C(=O)O. The van der Waals surface area contributed by atoms with E-state index in [2.05, 4.69) is 36.3 Å². The fourth-order valence-electron chi connectivity index (χ4n) is 3.45. The summed E-state index contributed by atoms with van der Waals surface area (Å²) in [6.45, 7) is 0.580. The number of aliphatic carboxylic acids is 1. The van der Waals surface area contributed by atoms with Gasteiger partial charge in [0.15, 0.2) is 12.1 Å². The lowest BCUT2D eigenvalue weighted by atomic mass is 10.0. The van der Waals surface area contributed by atoms with Gasteiger partial charge < -0.3 is 27.2 Å². The molecule has 1 heterocycles. The van der Waals surface area contributed by atoms with Crippen molar-refractivity contribution in [3.05, 3.63) is 35.9 Å². The number of nitrogens with two attached hydrogens (primary N) is 2. The summed E-state index contributed by atoms with van der Waals surface area (Å²) in [5, 5.41) is 29.2. The largest absolute Gasteiger partial charge is 0.480 e. The van der Waals surface area contributed by atoms with Crippen molar-refractivity contribution in [3.8, 4) is 0 Å². The zero-order valence-corrected chi connectivity index (χ0v) is 19.5. The predicted molar refractivity (Wildman–Crippen MR) is 128 cm³/mol. The Morgan fingerprint density at radius 2 is 1.60 bits per heavy atom. The average Bonchev–Trinajstić information content (AvgIpc) is 3.33. The third-order valence-corrected chi connectivity index (χ3v) is 5.26. The first-order valence-corrected chi connectivity index (χ1v) is 11.6. The second kappa shape index (κ2) is 15.1. The van der Waals surface area contributed by atoms with Crippen LogP contribution in [-0.4, -0.2) is 53.6 Å². The van der Waals surface area contributed by atoms with Gasteiger partial charge in [0.05, 0.1) is 0 Å². The number of carboxylic acid groups (broad SMARTS) is 1. The Bertz CT molecular complexity index is 905. The minimum atomic E-state index is -1.17. The molecule has 2 atom stereocenters. The number of benzene rings is 1. The summed E-state index contributed by atoms with van der Waals surface area (Å²) >= 11 is 0. The molecule has 0 unspecified atom stereocenters. The van der Waals surface area contributed by atoms with E-state index in [0.29, 0.717) is 13.0 Å². The molecule has 7 N–H and O–H groups in total. The number of amides is 2. The van der Waals surface area contributed by atoms with Gasteiger partial charge in [-0.2, -0.15) is 0 Å². The molecular formula is C22H33N9O4. The molecule has 2 rings (SSSR count). The molecule has 35 heavy (non-hydrogen) atoms. The van der Waals surface area contributed by atoms with Gasteiger partial charge in [-0.1, -0.05) is 49.6 Å². The van der Waals surface area contributed by atoms with E-state index in [0.717, 1.165) is 31.2 Å². The molecule has 0 saturated carbocycles. The number of carbonyl (C=O) groups is 3. The average molecular weight is 488 g/mol. The third kappa shape index (κ3) is 11.2. The molecule has 2 amide bonds. The summed E-state index contributed by atoms with van der Waals surface area (Å²) in [7, 11) is 0. The maximum absolute atomic E-state index is 12.9. The zero-order chi connectivity index (χ0) is 25.5. The van der Waals surface area contributed by atoms with Crippen LogP contribution in [0.2, 0.25) is 0 Å². The van der Waals surface area contributed by atoms with Gasteiger partial charge in [0.25, 0.3) is 0 Å². The summed E-state index contributed by atoms with van der Waals surface area (Å²) < 4.78 is 0. The Hall–Kier alpha value is -3.90. The molecule has 0 saturated heterocycles. The van der Waals surface area contributed by atoms with Gasteiger partial charge in [-0.3, -0.25) is 14.6 Å². The van der Waals surface area contributed by atoms with Crippen molar-refractivity contribution in [2.24, 2.45) is 37.1 Å². The summed E-state index contributed by atoms with van der Waals surface area (Å²) in [5.41, 5.74) is 11.3. The van der Waals surface area contributed by atoms with E-state index in [1.54, 1.807) is 24.3 Å². The van der Waals surface area contributed by atoms with Crippen LogP contribution >= 0.6 is 0 Å². The molecule has 0 spiro atoms. The van der Waals surface area contributed by atoms with E-state index in [1.807, 2.05) is 6.07 Å². The number of aliphatic imine (C=N–C) groups is 1.